The van der Waals surface area contributed by atoms with Crippen molar-refractivity contribution >= 4 is 34.7 Å². The largest absolute Gasteiger partial charge is 0.378 e. The van der Waals surface area contributed by atoms with Crippen LogP contribution in [-0.4, -0.2) is 36.6 Å². The molecule has 1 aliphatic rings. The highest BCUT2D eigenvalue weighted by Gasteiger charge is 2.30. The van der Waals surface area contributed by atoms with E-state index in [1.807, 2.05) is 55.4 Å². The lowest BCUT2D eigenvalue weighted by Gasteiger charge is -2.11. The fourth-order valence-electron chi connectivity index (χ4n) is 2.65. The smallest absolute Gasteiger partial charge is 0.239 e. The molecule has 1 heterocycles. The van der Waals surface area contributed by atoms with Gasteiger partial charge in [-0.05, 0) is 36.6 Å². The van der Waals surface area contributed by atoms with E-state index < -0.39 is 0 Å². The number of anilines is 1. The van der Waals surface area contributed by atoms with E-state index in [2.05, 4.69) is 34.6 Å². The minimum Gasteiger partial charge on any atom is -0.378 e. The monoisotopic (exact) mass is 366 g/mol. The molecule has 5 nitrogen and oxygen atoms in total. The van der Waals surface area contributed by atoms with E-state index in [1.54, 1.807) is 6.21 Å². The number of aryl methyl sites for hydroxylation is 1. The fraction of sp³-hybridized carbons (Fsp3) is 0.250. The van der Waals surface area contributed by atoms with Gasteiger partial charge < -0.3 is 10.2 Å². The summed E-state index contributed by atoms with van der Waals surface area (Å²) in [5.41, 5.74) is 4.45. The molecule has 1 saturated heterocycles. The number of benzene rings is 2. The van der Waals surface area contributed by atoms with Crippen molar-refractivity contribution in [2.45, 2.75) is 18.6 Å². The molecular formula is C20H22N4OS. The third-order valence-electron chi connectivity index (χ3n) is 4.04. The molecule has 26 heavy (non-hydrogen) atoms. The Bertz CT molecular complexity index is 843. The number of amidine groups is 1. The number of rotatable bonds is 5. The second kappa shape index (κ2) is 8.19. The van der Waals surface area contributed by atoms with Crippen LogP contribution in [-0.2, 0) is 11.2 Å². The SMILES string of the molecule is Cc1cccc(C[C@H]2S/C(=N/N=C\c3ccc(N(C)C)cc3)NC2=O)c1. The number of carbonyl (C=O) groups is 1. The van der Waals surface area contributed by atoms with Gasteiger partial charge in [-0.25, -0.2) is 0 Å². The van der Waals surface area contributed by atoms with Gasteiger partial charge in [0.25, 0.3) is 0 Å². The lowest BCUT2D eigenvalue weighted by atomic mass is 10.1. The number of nitrogens with one attached hydrogen (secondary N) is 1. The Labute approximate surface area is 158 Å². The predicted octanol–water partition coefficient (Wildman–Crippen LogP) is 3.23. The Morgan fingerprint density at radius 1 is 1.19 bits per heavy atom. The van der Waals surface area contributed by atoms with Crippen molar-refractivity contribution < 1.29 is 4.79 Å². The van der Waals surface area contributed by atoms with E-state index >= 15 is 0 Å². The Morgan fingerprint density at radius 3 is 2.65 bits per heavy atom. The van der Waals surface area contributed by atoms with Gasteiger partial charge in [-0.2, -0.15) is 5.10 Å². The topological polar surface area (TPSA) is 57.1 Å². The average molecular weight is 366 g/mol. The van der Waals surface area contributed by atoms with E-state index in [0.717, 1.165) is 16.8 Å². The van der Waals surface area contributed by atoms with Gasteiger partial charge in [0.15, 0.2) is 5.17 Å². The Morgan fingerprint density at radius 2 is 1.96 bits per heavy atom. The van der Waals surface area contributed by atoms with Gasteiger partial charge >= 0.3 is 0 Å². The van der Waals surface area contributed by atoms with Crippen molar-refractivity contribution in [1.82, 2.24) is 5.32 Å². The summed E-state index contributed by atoms with van der Waals surface area (Å²) in [7, 11) is 4.00. The van der Waals surface area contributed by atoms with Gasteiger partial charge in [-0.1, -0.05) is 53.7 Å². The summed E-state index contributed by atoms with van der Waals surface area (Å²) in [4.78, 5) is 14.2. The van der Waals surface area contributed by atoms with Gasteiger partial charge in [0.2, 0.25) is 5.91 Å². The van der Waals surface area contributed by atoms with Crippen LogP contribution in [0.5, 0.6) is 0 Å². The normalized spacial score (nSPS) is 18.5. The molecule has 1 aliphatic heterocycles. The summed E-state index contributed by atoms with van der Waals surface area (Å²) in [6.07, 6.45) is 2.37. The van der Waals surface area contributed by atoms with Crippen molar-refractivity contribution in [3.8, 4) is 0 Å². The molecule has 1 N–H and O–H groups in total. The zero-order valence-electron chi connectivity index (χ0n) is 15.1. The molecule has 1 amide bonds. The molecule has 0 aromatic heterocycles. The Balaban J connectivity index is 1.60. The standard InChI is InChI=1S/C20H22N4OS/c1-14-5-4-6-16(11-14)12-18-19(25)22-20(26-18)23-21-13-15-7-9-17(10-8-15)24(2)3/h4-11,13,18H,12H2,1-3H3,(H,22,23,25)/b21-13-/t18-/m1/s1. The maximum atomic E-state index is 12.1. The van der Waals surface area contributed by atoms with Gasteiger partial charge in [0.05, 0.1) is 11.5 Å². The zero-order chi connectivity index (χ0) is 18.5. The molecule has 0 saturated carbocycles. The molecule has 3 rings (SSSR count). The highest BCUT2D eigenvalue weighted by Crippen LogP contribution is 2.23. The first-order chi connectivity index (χ1) is 12.5. The van der Waals surface area contributed by atoms with Crippen LogP contribution in [0.1, 0.15) is 16.7 Å². The molecular weight excluding hydrogens is 344 g/mol. The van der Waals surface area contributed by atoms with Crippen molar-refractivity contribution in [1.29, 1.82) is 0 Å². The zero-order valence-corrected chi connectivity index (χ0v) is 16.0. The molecule has 0 aliphatic carbocycles. The lowest BCUT2D eigenvalue weighted by Crippen LogP contribution is -2.25. The summed E-state index contributed by atoms with van der Waals surface area (Å²) in [6.45, 7) is 2.05. The fourth-order valence-corrected chi connectivity index (χ4v) is 3.61. The van der Waals surface area contributed by atoms with Crippen molar-refractivity contribution in [2.24, 2.45) is 10.2 Å². The minimum absolute atomic E-state index is 0.0132. The van der Waals surface area contributed by atoms with Crippen molar-refractivity contribution in [3.05, 3.63) is 65.2 Å². The molecule has 0 spiro atoms. The highest BCUT2D eigenvalue weighted by atomic mass is 32.2. The minimum atomic E-state index is -0.162. The Kier molecular flexibility index (Phi) is 5.73. The summed E-state index contributed by atoms with van der Waals surface area (Å²) < 4.78 is 0. The molecule has 6 heteroatoms. The molecule has 1 fully saturated rings. The highest BCUT2D eigenvalue weighted by molar-refractivity contribution is 8.15. The lowest BCUT2D eigenvalue weighted by molar-refractivity contribution is -0.118. The molecule has 134 valence electrons. The number of carbonyl (C=O) groups excluding carboxylic acids is 1. The molecule has 2 aromatic rings. The number of nitrogens with zero attached hydrogens (tertiary/aromatic N) is 3. The predicted molar refractivity (Wildman–Crippen MR) is 110 cm³/mol. The molecule has 2 aromatic carbocycles. The third-order valence-corrected chi connectivity index (χ3v) is 5.12. The van der Waals surface area contributed by atoms with Crippen LogP contribution >= 0.6 is 11.8 Å². The molecule has 1 atom stereocenters. The second-order valence-corrected chi connectivity index (χ2v) is 7.62. The Hall–Kier alpha value is -2.60. The first kappa shape index (κ1) is 18.2. The maximum absolute atomic E-state index is 12.1. The van der Waals surface area contributed by atoms with Gasteiger partial charge in [-0.15, -0.1) is 5.10 Å². The van der Waals surface area contributed by atoms with Crippen LogP contribution < -0.4 is 10.2 Å². The van der Waals surface area contributed by atoms with Crippen LogP contribution in [0.2, 0.25) is 0 Å². The van der Waals surface area contributed by atoms with E-state index in [4.69, 9.17) is 0 Å². The van der Waals surface area contributed by atoms with Crippen LogP contribution in [0.15, 0.2) is 58.7 Å². The van der Waals surface area contributed by atoms with Crippen LogP contribution in [0.4, 0.5) is 5.69 Å². The number of hydrogen-bond donors (Lipinski definition) is 1. The van der Waals surface area contributed by atoms with E-state index in [1.165, 1.54) is 17.3 Å². The van der Waals surface area contributed by atoms with Gasteiger partial charge in [0.1, 0.15) is 0 Å². The third kappa shape index (κ3) is 4.73. The van der Waals surface area contributed by atoms with Crippen molar-refractivity contribution in [2.75, 3.05) is 19.0 Å². The van der Waals surface area contributed by atoms with E-state index in [0.29, 0.717) is 11.6 Å². The van der Waals surface area contributed by atoms with Crippen LogP contribution in [0.3, 0.4) is 0 Å². The first-order valence-electron chi connectivity index (χ1n) is 8.43. The van der Waals surface area contributed by atoms with Crippen LogP contribution in [0, 0.1) is 6.92 Å². The second-order valence-electron chi connectivity index (χ2n) is 6.42. The number of hydrogen-bond acceptors (Lipinski definition) is 5. The molecule has 0 unspecified atom stereocenters. The van der Waals surface area contributed by atoms with Crippen LogP contribution in [0.25, 0.3) is 0 Å². The average Bonchev–Trinajstić information content (AvgIpc) is 2.95. The van der Waals surface area contributed by atoms with Gasteiger partial charge in [0, 0.05) is 19.8 Å². The van der Waals surface area contributed by atoms with Crippen molar-refractivity contribution in [3.63, 3.8) is 0 Å². The summed E-state index contributed by atoms with van der Waals surface area (Å²) in [6, 6.07) is 16.3. The number of amides is 1. The van der Waals surface area contributed by atoms with E-state index in [9.17, 15) is 4.79 Å². The summed E-state index contributed by atoms with van der Waals surface area (Å²) in [5.74, 6) is -0.0132. The molecule has 0 bridgehead atoms. The maximum Gasteiger partial charge on any atom is 0.239 e. The van der Waals surface area contributed by atoms with Gasteiger partial charge in [-0.3, -0.25) is 4.79 Å². The first-order valence-corrected chi connectivity index (χ1v) is 9.31. The summed E-state index contributed by atoms with van der Waals surface area (Å²) in [5, 5.41) is 11.4. The molecule has 0 radical (unpaired) electrons. The summed E-state index contributed by atoms with van der Waals surface area (Å²) >= 11 is 1.43. The van der Waals surface area contributed by atoms with E-state index in [-0.39, 0.29) is 11.2 Å². The number of thioether (sulfide) groups is 1. The quantitative estimate of drug-likeness (QED) is 0.653.